The van der Waals surface area contributed by atoms with E-state index < -0.39 is 24.9 Å². The minimum atomic E-state index is -3.82. The summed E-state index contributed by atoms with van der Waals surface area (Å²) in [5.41, 5.74) is 7.12. The zero-order valence-corrected chi connectivity index (χ0v) is 11.6. The van der Waals surface area contributed by atoms with E-state index in [1.807, 2.05) is 0 Å². The van der Waals surface area contributed by atoms with Crippen LogP contribution in [-0.4, -0.2) is 28.2 Å². The molecule has 0 radical (unpaired) electrons. The van der Waals surface area contributed by atoms with Gasteiger partial charge in [-0.2, -0.15) is 0 Å². The number of nitrogens with one attached hydrogen (secondary N) is 1. The molecule has 0 saturated heterocycles. The van der Waals surface area contributed by atoms with Crippen molar-refractivity contribution in [1.82, 2.24) is 4.72 Å². The van der Waals surface area contributed by atoms with E-state index >= 15 is 0 Å². The van der Waals surface area contributed by atoms with Gasteiger partial charge in [-0.3, -0.25) is 0 Å². The van der Waals surface area contributed by atoms with Gasteiger partial charge in [0.2, 0.25) is 10.0 Å². The van der Waals surface area contributed by atoms with Crippen LogP contribution < -0.4 is 10.5 Å². The SMILES string of the molecule is CS(=O)(=O)CS(=O)(=O)NCc1ccc(CN)cc1. The molecule has 0 amide bonds. The molecule has 102 valence electrons. The second-order valence-electron chi connectivity index (χ2n) is 4.00. The van der Waals surface area contributed by atoms with Gasteiger partial charge < -0.3 is 5.73 Å². The van der Waals surface area contributed by atoms with Crippen LogP contribution in [0.2, 0.25) is 0 Å². The number of rotatable bonds is 6. The largest absolute Gasteiger partial charge is 0.326 e. The van der Waals surface area contributed by atoms with Crippen molar-refractivity contribution in [3.8, 4) is 0 Å². The number of sulfone groups is 1. The van der Waals surface area contributed by atoms with Crippen molar-refractivity contribution in [2.24, 2.45) is 5.73 Å². The molecule has 0 aliphatic carbocycles. The molecule has 0 fully saturated rings. The maximum absolute atomic E-state index is 11.4. The van der Waals surface area contributed by atoms with Crippen LogP contribution >= 0.6 is 0 Å². The third-order valence-corrected chi connectivity index (χ3v) is 5.66. The molecule has 0 bridgehead atoms. The highest BCUT2D eigenvalue weighted by Crippen LogP contribution is 2.04. The Labute approximate surface area is 107 Å². The van der Waals surface area contributed by atoms with Gasteiger partial charge in [0.25, 0.3) is 0 Å². The number of sulfonamides is 1. The van der Waals surface area contributed by atoms with Crippen LogP contribution in [0, 0.1) is 0 Å². The lowest BCUT2D eigenvalue weighted by molar-refractivity contribution is 0.580. The molecule has 0 heterocycles. The highest BCUT2D eigenvalue weighted by atomic mass is 32.3. The molecule has 1 aromatic carbocycles. The highest BCUT2D eigenvalue weighted by molar-refractivity contribution is 8.06. The Bertz CT molecular complexity index is 591. The van der Waals surface area contributed by atoms with Gasteiger partial charge >= 0.3 is 0 Å². The number of hydrogen-bond donors (Lipinski definition) is 2. The minimum absolute atomic E-state index is 0.0582. The van der Waals surface area contributed by atoms with Gasteiger partial charge in [-0.05, 0) is 11.1 Å². The zero-order chi connectivity index (χ0) is 13.8. The molecule has 6 nitrogen and oxygen atoms in total. The first-order chi connectivity index (χ1) is 8.22. The van der Waals surface area contributed by atoms with Crippen LogP contribution in [0.4, 0.5) is 0 Å². The van der Waals surface area contributed by atoms with Gasteiger partial charge in [-0.15, -0.1) is 0 Å². The third-order valence-electron chi connectivity index (χ3n) is 2.12. The topological polar surface area (TPSA) is 106 Å². The van der Waals surface area contributed by atoms with E-state index in [1.54, 1.807) is 24.3 Å². The van der Waals surface area contributed by atoms with Gasteiger partial charge in [0, 0.05) is 19.3 Å². The molecule has 18 heavy (non-hydrogen) atoms. The van der Waals surface area contributed by atoms with E-state index in [0.29, 0.717) is 6.54 Å². The highest BCUT2D eigenvalue weighted by Gasteiger charge is 2.17. The predicted molar refractivity (Wildman–Crippen MR) is 69.8 cm³/mol. The first-order valence-electron chi connectivity index (χ1n) is 5.15. The Morgan fingerprint density at radius 3 is 2.00 bits per heavy atom. The lowest BCUT2D eigenvalue weighted by Gasteiger charge is -2.06. The molecule has 1 rings (SSSR count). The van der Waals surface area contributed by atoms with Crippen LogP contribution in [-0.2, 0) is 33.0 Å². The molecule has 0 aliphatic heterocycles. The summed E-state index contributed by atoms with van der Waals surface area (Å²) in [5, 5.41) is -0.902. The van der Waals surface area contributed by atoms with E-state index in [0.717, 1.165) is 17.4 Å². The molecule has 0 saturated carbocycles. The van der Waals surface area contributed by atoms with Crippen LogP contribution in [0.5, 0.6) is 0 Å². The van der Waals surface area contributed by atoms with Gasteiger partial charge in [0.1, 0.15) is 0 Å². The van der Waals surface area contributed by atoms with E-state index in [2.05, 4.69) is 4.72 Å². The number of nitrogens with two attached hydrogens (primary N) is 1. The Morgan fingerprint density at radius 1 is 1.06 bits per heavy atom. The van der Waals surface area contributed by atoms with Crippen molar-refractivity contribution in [3.05, 3.63) is 35.4 Å². The van der Waals surface area contributed by atoms with Crippen molar-refractivity contribution in [1.29, 1.82) is 0 Å². The molecule has 0 atom stereocenters. The normalized spacial score (nSPS) is 12.6. The molecule has 1 aromatic rings. The average Bonchev–Trinajstić information content (AvgIpc) is 2.24. The van der Waals surface area contributed by atoms with E-state index in [1.165, 1.54) is 0 Å². The summed E-state index contributed by atoms with van der Waals surface area (Å²) in [6.45, 7) is 0.475. The van der Waals surface area contributed by atoms with Crippen molar-refractivity contribution >= 4 is 19.9 Å². The van der Waals surface area contributed by atoms with E-state index in [9.17, 15) is 16.8 Å². The molecule has 0 aromatic heterocycles. The lowest BCUT2D eigenvalue weighted by atomic mass is 10.1. The first kappa shape index (κ1) is 15.1. The molecular weight excluding hydrogens is 276 g/mol. The van der Waals surface area contributed by atoms with Gasteiger partial charge in [0.05, 0.1) is 0 Å². The van der Waals surface area contributed by atoms with Gasteiger partial charge in [-0.1, -0.05) is 24.3 Å². The Hall–Kier alpha value is -0.960. The second kappa shape index (κ2) is 5.79. The van der Waals surface area contributed by atoms with Crippen LogP contribution in [0.3, 0.4) is 0 Å². The minimum Gasteiger partial charge on any atom is -0.326 e. The van der Waals surface area contributed by atoms with Crippen LogP contribution in [0.1, 0.15) is 11.1 Å². The smallest absolute Gasteiger partial charge is 0.226 e. The monoisotopic (exact) mass is 292 g/mol. The molecule has 8 heteroatoms. The van der Waals surface area contributed by atoms with Crippen molar-refractivity contribution in [2.75, 3.05) is 11.3 Å². The first-order valence-corrected chi connectivity index (χ1v) is 8.86. The summed E-state index contributed by atoms with van der Waals surface area (Å²) in [4.78, 5) is 0. The quantitative estimate of drug-likeness (QED) is 0.739. The van der Waals surface area contributed by atoms with Gasteiger partial charge in [-0.25, -0.2) is 21.6 Å². The molecule has 3 N–H and O–H groups in total. The number of benzene rings is 1. The number of hydrogen-bond acceptors (Lipinski definition) is 5. The van der Waals surface area contributed by atoms with E-state index in [-0.39, 0.29) is 6.54 Å². The fourth-order valence-corrected chi connectivity index (χ4v) is 4.28. The third kappa shape index (κ3) is 5.58. The second-order valence-corrected chi connectivity index (χ2v) is 8.31. The summed E-state index contributed by atoms with van der Waals surface area (Å²) in [6.07, 6.45) is 0.877. The summed E-state index contributed by atoms with van der Waals surface area (Å²) < 4.78 is 46.9. The molecule has 0 unspecified atom stereocenters. The Morgan fingerprint density at radius 2 is 1.56 bits per heavy atom. The fourth-order valence-electron chi connectivity index (χ4n) is 1.31. The lowest BCUT2D eigenvalue weighted by Crippen LogP contribution is -2.29. The van der Waals surface area contributed by atoms with Crippen LogP contribution in [0.25, 0.3) is 0 Å². The van der Waals surface area contributed by atoms with E-state index in [4.69, 9.17) is 5.73 Å². The summed E-state index contributed by atoms with van der Waals surface area (Å²) in [6, 6.07) is 7.07. The summed E-state index contributed by atoms with van der Waals surface area (Å²) in [5.74, 6) is 0. The predicted octanol–water partition coefficient (Wildman–Crippen LogP) is -0.433. The summed E-state index contributed by atoms with van der Waals surface area (Å²) in [7, 11) is -7.38. The Kier molecular flexibility index (Phi) is 4.85. The molecule has 0 spiro atoms. The van der Waals surface area contributed by atoms with Gasteiger partial charge in [0.15, 0.2) is 14.9 Å². The molecule has 0 aliphatic rings. The van der Waals surface area contributed by atoms with Crippen LogP contribution in [0.15, 0.2) is 24.3 Å². The zero-order valence-electron chi connectivity index (χ0n) is 9.96. The fraction of sp³-hybridized carbons (Fsp3) is 0.400. The van der Waals surface area contributed by atoms with Crippen molar-refractivity contribution < 1.29 is 16.8 Å². The summed E-state index contributed by atoms with van der Waals surface area (Å²) >= 11 is 0. The van der Waals surface area contributed by atoms with Crippen molar-refractivity contribution in [3.63, 3.8) is 0 Å². The Balaban J connectivity index is 2.64. The average molecular weight is 292 g/mol. The maximum atomic E-state index is 11.4. The standard InChI is InChI=1S/C10H16N2O4S2/c1-17(13,14)8-18(15,16)12-7-10-4-2-9(6-11)3-5-10/h2-5,12H,6-8,11H2,1H3. The maximum Gasteiger partial charge on any atom is 0.226 e. The van der Waals surface area contributed by atoms with Crippen molar-refractivity contribution in [2.45, 2.75) is 13.1 Å². The molecular formula is C10H16N2O4S2.